The van der Waals surface area contributed by atoms with E-state index in [0.29, 0.717) is 24.5 Å². The molecule has 0 saturated carbocycles. The first kappa shape index (κ1) is 14.4. The molecule has 4 aliphatic rings. The molecule has 120 valence electrons. The van der Waals surface area contributed by atoms with Crippen LogP contribution in [0.5, 0.6) is 0 Å². The number of rotatable bonds is 2. The van der Waals surface area contributed by atoms with Crippen LogP contribution < -0.4 is 0 Å². The van der Waals surface area contributed by atoms with Crippen molar-refractivity contribution in [3.63, 3.8) is 0 Å². The maximum absolute atomic E-state index is 12.0. The number of cyclic esters (lactones) is 2. The largest absolute Gasteiger partial charge is 0.447 e. The Balaban J connectivity index is 1.66. The van der Waals surface area contributed by atoms with Crippen molar-refractivity contribution in [3.05, 3.63) is 35.0 Å². The highest BCUT2D eigenvalue weighted by Gasteiger charge is 2.54. The fraction of sp³-hybridized carbons (Fsp3) is 0.312. The van der Waals surface area contributed by atoms with E-state index in [-0.39, 0.29) is 5.90 Å². The van der Waals surface area contributed by atoms with Crippen LogP contribution in [0.25, 0.3) is 0 Å². The van der Waals surface area contributed by atoms with Gasteiger partial charge in [0.1, 0.15) is 12.3 Å². The number of fused-ring (bicyclic) bond motifs is 1. The zero-order chi connectivity index (χ0) is 16.7. The van der Waals surface area contributed by atoms with Gasteiger partial charge in [0.05, 0.1) is 12.2 Å². The Hall–Kier alpha value is -3.21. The molecule has 2 atom stereocenters. The van der Waals surface area contributed by atoms with Gasteiger partial charge in [0.2, 0.25) is 5.90 Å². The number of hydrogen-bond donors (Lipinski definition) is 0. The summed E-state index contributed by atoms with van der Waals surface area (Å²) < 4.78 is 10.1. The predicted octanol–water partition coefficient (Wildman–Crippen LogP) is 0.768. The lowest BCUT2D eigenvalue weighted by Gasteiger charge is -2.20. The third-order valence-electron chi connectivity index (χ3n) is 4.02. The molecule has 2 fully saturated rings. The molecule has 3 aliphatic heterocycles. The normalized spacial score (nSPS) is 32.0. The van der Waals surface area contributed by atoms with Crippen LogP contribution in [0.4, 0.5) is 4.79 Å². The van der Waals surface area contributed by atoms with Gasteiger partial charge in [0.15, 0.2) is 11.6 Å². The van der Waals surface area contributed by atoms with Gasteiger partial charge in [-0.25, -0.2) is 14.6 Å². The van der Waals surface area contributed by atoms with E-state index >= 15 is 0 Å². The number of carbonyl (C=O) groups excluding carboxylic acids is 2. The van der Waals surface area contributed by atoms with Gasteiger partial charge in [-0.1, -0.05) is 0 Å². The number of amides is 1. The van der Waals surface area contributed by atoms with E-state index in [0.717, 1.165) is 0 Å². The van der Waals surface area contributed by atoms with Crippen LogP contribution in [0.1, 0.15) is 6.92 Å². The molecule has 8 heteroatoms. The first-order valence-electron chi connectivity index (χ1n) is 7.34. The highest BCUT2D eigenvalue weighted by atomic mass is 16.6. The average molecular weight is 324 g/mol. The quantitative estimate of drug-likeness (QED) is 0.554. The number of carbonyl (C=O) groups is 2. The van der Waals surface area contributed by atoms with E-state index in [1.54, 1.807) is 19.1 Å². The Morgan fingerprint density at radius 1 is 1.33 bits per heavy atom. The molecule has 3 heterocycles. The molecule has 0 N–H and O–H groups in total. The fourth-order valence-electron chi connectivity index (χ4n) is 2.66. The summed E-state index contributed by atoms with van der Waals surface area (Å²) in [5, 5.41) is 0. The van der Waals surface area contributed by atoms with Crippen molar-refractivity contribution in [1.29, 1.82) is 0 Å². The number of nitrogens with zero attached hydrogens (tertiary/aromatic N) is 4. The molecule has 0 bridgehead atoms. The first-order chi connectivity index (χ1) is 11.6. The minimum absolute atomic E-state index is 0.175. The molecule has 1 amide bonds. The second kappa shape index (κ2) is 5.16. The molecular weight excluding hydrogens is 312 g/mol. The monoisotopic (exact) mass is 324 g/mol. The Morgan fingerprint density at radius 2 is 2.21 bits per heavy atom. The van der Waals surface area contributed by atoms with Gasteiger partial charge < -0.3 is 9.47 Å². The van der Waals surface area contributed by atoms with Crippen LogP contribution >= 0.6 is 0 Å². The number of ether oxygens (including phenoxy) is 2. The third kappa shape index (κ3) is 2.13. The molecular formula is C16H12N4O4. The summed E-state index contributed by atoms with van der Waals surface area (Å²) in [5.74, 6) is -0.312. The maximum atomic E-state index is 12.0. The standard InChI is InChI=1S/C16H12N4O4/c1-16-12(17-6-7-18-16)13(24-14(16)21)19-10-2-4-11(5-3-10)20-8-9-23-15(20)22/h2,4,6-7,12H,8-9H2,1H3. The van der Waals surface area contributed by atoms with Crippen LogP contribution in [0.3, 0.4) is 0 Å². The van der Waals surface area contributed by atoms with Gasteiger partial charge in [0.25, 0.3) is 0 Å². The number of esters is 1. The second-order valence-electron chi connectivity index (χ2n) is 5.59. The summed E-state index contributed by atoms with van der Waals surface area (Å²) >= 11 is 0. The van der Waals surface area contributed by atoms with Crippen LogP contribution in [0.2, 0.25) is 0 Å². The molecule has 8 nitrogen and oxygen atoms in total. The van der Waals surface area contributed by atoms with Crippen molar-refractivity contribution in [3.8, 4) is 0 Å². The highest BCUT2D eigenvalue weighted by Crippen LogP contribution is 2.31. The van der Waals surface area contributed by atoms with E-state index in [1.807, 2.05) is 0 Å². The molecule has 0 spiro atoms. The molecule has 0 aromatic carbocycles. The third-order valence-corrected chi connectivity index (χ3v) is 4.02. The van der Waals surface area contributed by atoms with Gasteiger partial charge in [-0.15, -0.1) is 0 Å². The Labute approximate surface area is 136 Å². The van der Waals surface area contributed by atoms with Crippen LogP contribution in [-0.2, 0) is 14.3 Å². The van der Waals surface area contributed by atoms with E-state index in [9.17, 15) is 9.59 Å². The van der Waals surface area contributed by atoms with Crippen LogP contribution in [-0.4, -0.2) is 60.0 Å². The zero-order valence-electron chi connectivity index (χ0n) is 12.7. The van der Waals surface area contributed by atoms with Crippen molar-refractivity contribution >= 4 is 30.4 Å². The smallest absolute Gasteiger partial charge is 0.414 e. The molecule has 24 heavy (non-hydrogen) atoms. The van der Waals surface area contributed by atoms with Gasteiger partial charge >= 0.3 is 12.1 Å². The minimum atomic E-state index is -1.07. The lowest BCUT2D eigenvalue weighted by molar-refractivity contribution is -0.137. The molecule has 0 aromatic heterocycles. The van der Waals surface area contributed by atoms with E-state index in [1.165, 1.54) is 17.3 Å². The summed E-state index contributed by atoms with van der Waals surface area (Å²) in [5.41, 5.74) is 5.60. The highest BCUT2D eigenvalue weighted by molar-refractivity contribution is 6.20. The molecule has 0 radical (unpaired) electrons. The maximum Gasteiger partial charge on any atom is 0.414 e. The lowest BCUT2D eigenvalue weighted by atomic mass is 9.95. The predicted molar refractivity (Wildman–Crippen MR) is 84.0 cm³/mol. The second-order valence-corrected chi connectivity index (χ2v) is 5.59. The molecule has 0 aromatic rings. The van der Waals surface area contributed by atoms with Gasteiger partial charge in [-0.2, -0.15) is 0 Å². The fourth-order valence-corrected chi connectivity index (χ4v) is 2.66. The molecule has 4 rings (SSSR count). The SMILES string of the molecule is CC12N=CC=NC1C(=NC1=C=C=C(N3CCOC3=O)C=C1)OC2=O. The van der Waals surface area contributed by atoms with Gasteiger partial charge in [-0.3, -0.25) is 14.9 Å². The summed E-state index contributed by atoms with van der Waals surface area (Å²) in [7, 11) is 0. The van der Waals surface area contributed by atoms with Crippen molar-refractivity contribution in [2.24, 2.45) is 15.0 Å². The summed E-state index contributed by atoms with van der Waals surface area (Å²) in [4.78, 5) is 37.7. The first-order valence-corrected chi connectivity index (χ1v) is 7.34. The number of hydrogen-bond acceptors (Lipinski definition) is 7. The molecule has 1 aliphatic carbocycles. The minimum Gasteiger partial charge on any atom is -0.447 e. The Bertz CT molecular complexity index is 869. The lowest BCUT2D eigenvalue weighted by Crippen LogP contribution is -2.41. The summed E-state index contributed by atoms with van der Waals surface area (Å²) in [6.07, 6.45) is 5.92. The Morgan fingerprint density at radius 3 is 2.92 bits per heavy atom. The summed E-state index contributed by atoms with van der Waals surface area (Å²) in [6.45, 7) is 2.49. The Kier molecular flexibility index (Phi) is 3.09. The average Bonchev–Trinajstić information content (AvgIpc) is 3.11. The van der Waals surface area contributed by atoms with Crippen molar-refractivity contribution in [2.75, 3.05) is 13.2 Å². The topological polar surface area (TPSA) is 92.9 Å². The van der Waals surface area contributed by atoms with Crippen LogP contribution in [0.15, 0.2) is 50.0 Å². The van der Waals surface area contributed by atoms with Gasteiger partial charge in [-0.05, 0) is 30.5 Å². The van der Waals surface area contributed by atoms with E-state index in [2.05, 4.69) is 26.4 Å². The number of aliphatic imine (C=N–C) groups is 3. The van der Waals surface area contributed by atoms with Crippen molar-refractivity contribution in [2.45, 2.75) is 18.5 Å². The molecule has 2 unspecified atom stereocenters. The number of allylic oxidation sites excluding steroid dienone is 2. The van der Waals surface area contributed by atoms with E-state index in [4.69, 9.17) is 9.47 Å². The van der Waals surface area contributed by atoms with Crippen LogP contribution in [0, 0.1) is 0 Å². The van der Waals surface area contributed by atoms with Crippen molar-refractivity contribution < 1.29 is 19.1 Å². The zero-order valence-corrected chi connectivity index (χ0v) is 12.7. The van der Waals surface area contributed by atoms with Gasteiger partial charge in [0, 0.05) is 12.4 Å². The van der Waals surface area contributed by atoms with E-state index < -0.39 is 23.6 Å². The van der Waals surface area contributed by atoms with Crippen molar-refractivity contribution in [1.82, 2.24) is 4.90 Å². The summed E-state index contributed by atoms with van der Waals surface area (Å²) in [6, 6.07) is -0.586. The molecule has 2 saturated heterocycles.